The molecular formula is C48H47ClF2N12O2. The molecule has 6 heterocycles. The zero-order valence-electron chi connectivity index (χ0n) is 36.2. The quantitative estimate of drug-likeness (QED) is 0.111. The third-order valence-corrected chi connectivity index (χ3v) is 11.0. The van der Waals surface area contributed by atoms with Crippen molar-refractivity contribution in [1.82, 2.24) is 39.0 Å². The van der Waals surface area contributed by atoms with Gasteiger partial charge in [0.05, 0.1) is 59.9 Å². The minimum absolute atomic E-state index is 0.156. The minimum atomic E-state index is -0.367. The molecule has 0 spiro atoms. The van der Waals surface area contributed by atoms with Crippen LogP contribution in [-0.2, 0) is 12.8 Å². The van der Waals surface area contributed by atoms with Gasteiger partial charge in [-0.3, -0.25) is 0 Å². The van der Waals surface area contributed by atoms with E-state index in [0.29, 0.717) is 59.2 Å². The fourth-order valence-electron chi connectivity index (χ4n) is 7.34. The van der Waals surface area contributed by atoms with Crippen LogP contribution in [0.2, 0.25) is 5.28 Å². The first-order valence-corrected chi connectivity index (χ1v) is 21.2. The lowest BCUT2D eigenvalue weighted by Gasteiger charge is -2.34. The molecule has 332 valence electrons. The van der Waals surface area contributed by atoms with Crippen LogP contribution in [0.5, 0.6) is 11.5 Å². The second kappa shape index (κ2) is 19.8. The zero-order valence-corrected chi connectivity index (χ0v) is 36.9. The molecule has 2 aliphatic heterocycles. The van der Waals surface area contributed by atoms with Gasteiger partial charge in [-0.05, 0) is 85.8 Å². The fraction of sp³-hybridized carbons (Fsp3) is 0.208. The Kier molecular flexibility index (Phi) is 13.4. The molecule has 2 unspecified atom stereocenters. The summed E-state index contributed by atoms with van der Waals surface area (Å²) in [4.78, 5) is 29.5. The number of halogens is 3. The molecule has 2 atom stereocenters. The van der Waals surface area contributed by atoms with Crippen LogP contribution < -0.4 is 30.3 Å². The predicted octanol–water partition coefficient (Wildman–Crippen LogP) is 8.77. The number of hydrogen-bond acceptors (Lipinski definition) is 12. The maximum atomic E-state index is 14.7. The average molecular weight is 897 g/mol. The number of imidazole rings is 2. The molecule has 0 amide bonds. The molecule has 8 aromatic rings. The van der Waals surface area contributed by atoms with E-state index in [9.17, 15) is 8.78 Å². The van der Waals surface area contributed by atoms with Crippen molar-refractivity contribution < 1.29 is 18.3 Å². The predicted molar refractivity (Wildman–Crippen MR) is 249 cm³/mol. The van der Waals surface area contributed by atoms with Crippen molar-refractivity contribution in [2.45, 2.75) is 38.8 Å². The number of ether oxygens (including phenoxy) is 2. The molecule has 4 aromatic heterocycles. The smallest absolute Gasteiger partial charge is 0.229 e. The molecule has 4 aromatic carbocycles. The summed E-state index contributed by atoms with van der Waals surface area (Å²) in [5.41, 5.74) is 11.5. The summed E-state index contributed by atoms with van der Waals surface area (Å²) in [6.45, 7) is 4.91. The number of nitrogen functional groups attached to an aromatic ring is 1. The third-order valence-electron chi connectivity index (χ3n) is 10.9. The second-order valence-electron chi connectivity index (χ2n) is 15.6. The van der Waals surface area contributed by atoms with Gasteiger partial charge < -0.3 is 39.5 Å². The van der Waals surface area contributed by atoms with E-state index in [1.165, 1.54) is 23.3 Å². The van der Waals surface area contributed by atoms with Crippen molar-refractivity contribution in [3.8, 4) is 22.9 Å². The molecule has 3 N–H and O–H groups in total. The highest BCUT2D eigenvalue weighted by Gasteiger charge is 2.28. The summed E-state index contributed by atoms with van der Waals surface area (Å²) in [6.07, 6.45) is 11.7. The summed E-state index contributed by atoms with van der Waals surface area (Å²) in [7, 11) is 4.02. The first-order valence-electron chi connectivity index (χ1n) is 20.8. The molecule has 0 fully saturated rings. The highest BCUT2D eigenvalue weighted by molar-refractivity contribution is 6.28. The van der Waals surface area contributed by atoms with Crippen LogP contribution in [0.3, 0.4) is 0 Å². The van der Waals surface area contributed by atoms with Crippen LogP contribution in [0.25, 0.3) is 11.4 Å². The Morgan fingerprint density at radius 1 is 0.662 bits per heavy atom. The van der Waals surface area contributed by atoms with E-state index in [4.69, 9.17) is 26.8 Å². The molecule has 0 radical (unpaired) electrons. The monoisotopic (exact) mass is 896 g/mol. The van der Waals surface area contributed by atoms with Crippen LogP contribution >= 0.6 is 11.6 Å². The second-order valence-corrected chi connectivity index (χ2v) is 15.9. The molecule has 0 saturated heterocycles. The SMILES string of the molecule is CN1c2nc(Cl)ncc2OCC1Cc1ccccc1.Cc1cn(-c2ccc(N)cc2F)cn1.Cc1cn(-c2ccc(Nc3ncc4c(n3)N(C)C(Cc3ccccc3)CO4)cc2F)cn1. The van der Waals surface area contributed by atoms with Gasteiger partial charge in [-0.1, -0.05) is 60.7 Å². The number of aryl methyl sites for hydroxylation is 2. The Labute approximate surface area is 380 Å². The number of fused-ring (bicyclic) bond motifs is 2. The van der Waals surface area contributed by atoms with E-state index in [2.05, 4.69) is 69.3 Å². The van der Waals surface area contributed by atoms with Crippen molar-refractivity contribution >= 4 is 40.6 Å². The summed E-state index contributed by atoms with van der Waals surface area (Å²) in [5.74, 6) is 2.46. The van der Waals surface area contributed by atoms with Crippen molar-refractivity contribution in [2.24, 2.45) is 0 Å². The fourth-order valence-corrected chi connectivity index (χ4v) is 7.47. The van der Waals surface area contributed by atoms with Crippen molar-refractivity contribution in [2.75, 3.05) is 48.2 Å². The topological polar surface area (TPSA) is 150 Å². The number of benzene rings is 4. The number of likely N-dealkylation sites (N-methyl/N-ethyl adjacent to an activating group) is 2. The van der Waals surface area contributed by atoms with Crippen LogP contribution in [-0.4, -0.2) is 78.4 Å². The Morgan fingerprint density at radius 3 is 1.68 bits per heavy atom. The van der Waals surface area contributed by atoms with Gasteiger partial charge in [-0.15, -0.1) is 0 Å². The molecule has 2 aliphatic rings. The van der Waals surface area contributed by atoms with E-state index in [1.807, 2.05) is 64.3 Å². The van der Waals surface area contributed by atoms with Gasteiger partial charge in [0.2, 0.25) is 11.2 Å². The van der Waals surface area contributed by atoms with Crippen molar-refractivity contribution in [1.29, 1.82) is 0 Å². The minimum Gasteiger partial charge on any atom is -0.486 e. The molecule has 17 heteroatoms. The van der Waals surface area contributed by atoms with Gasteiger partial charge in [0.1, 0.15) is 24.8 Å². The summed E-state index contributed by atoms with van der Waals surface area (Å²) >= 11 is 5.85. The number of nitrogens with zero attached hydrogens (tertiary/aromatic N) is 10. The summed E-state index contributed by atoms with van der Waals surface area (Å²) in [6, 6.07) is 30.6. The Morgan fingerprint density at radius 2 is 1.17 bits per heavy atom. The number of anilines is 5. The summed E-state index contributed by atoms with van der Waals surface area (Å²) in [5, 5.41) is 3.34. The molecule has 65 heavy (non-hydrogen) atoms. The molecule has 10 rings (SSSR count). The highest BCUT2D eigenvalue weighted by Crippen LogP contribution is 2.34. The first kappa shape index (κ1) is 44.0. The number of nitrogens with one attached hydrogen (secondary N) is 1. The average Bonchev–Trinajstić information content (AvgIpc) is 3.94. The van der Waals surface area contributed by atoms with Gasteiger partial charge in [-0.25, -0.2) is 28.7 Å². The largest absolute Gasteiger partial charge is 0.486 e. The number of rotatable bonds is 8. The number of hydrogen-bond donors (Lipinski definition) is 2. The van der Waals surface area contributed by atoms with E-state index < -0.39 is 0 Å². The van der Waals surface area contributed by atoms with Crippen molar-refractivity contribution in [3.63, 3.8) is 0 Å². The van der Waals surface area contributed by atoms with Gasteiger partial charge >= 0.3 is 0 Å². The van der Waals surface area contributed by atoms with E-state index in [-0.39, 0.29) is 29.0 Å². The molecule has 0 saturated carbocycles. The van der Waals surface area contributed by atoms with E-state index in [1.54, 1.807) is 70.8 Å². The maximum absolute atomic E-state index is 14.7. The molecule has 14 nitrogen and oxygen atoms in total. The molecule has 0 bridgehead atoms. The standard InChI is InChI=1S/C24H23FN6O.C14H14ClN3O.C10H10FN3/c1-16-13-31(15-27-16)21-9-8-18(11-20(21)25)28-24-26-12-22-23(29-24)30(2)19(14-32-22)10-17-6-4-3-5-7-17;1-18-11(7-10-5-3-2-4-6-10)9-19-12-8-16-14(15)17-13(12)18;1-7-5-14(6-13-7)10-3-2-8(12)4-9(10)11/h3-9,11-13,15,19H,10,14H2,1-2H3,(H,26,28,29);2-6,8,11H,7,9H2,1H3;2-6H,12H2,1H3. The molecule has 0 aliphatic carbocycles. The van der Waals surface area contributed by atoms with Gasteiger partial charge in [0.25, 0.3) is 0 Å². The number of nitrogens with two attached hydrogens (primary N) is 1. The van der Waals surface area contributed by atoms with Crippen molar-refractivity contribution in [3.05, 3.63) is 174 Å². The lowest BCUT2D eigenvalue weighted by molar-refractivity contribution is 0.262. The van der Waals surface area contributed by atoms with E-state index in [0.717, 1.165) is 30.0 Å². The third kappa shape index (κ3) is 10.8. The van der Waals surface area contributed by atoms with E-state index >= 15 is 0 Å². The van der Waals surface area contributed by atoms with Gasteiger partial charge in [0.15, 0.2) is 23.1 Å². The van der Waals surface area contributed by atoms with Gasteiger partial charge in [0, 0.05) is 37.9 Å². The Bertz CT molecular complexity index is 2860. The van der Waals surface area contributed by atoms with Crippen LogP contribution in [0.4, 0.5) is 37.7 Å². The van der Waals surface area contributed by atoms with Crippen LogP contribution in [0.1, 0.15) is 22.5 Å². The highest BCUT2D eigenvalue weighted by atomic mass is 35.5. The Balaban J connectivity index is 0.000000147. The lowest BCUT2D eigenvalue weighted by atomic mass is 10.0. The van der Waals surface area contributed by atoms with Crippen LogP contribution in [0, 0.1) is 25.5 Å². The lowest BCUT2D eigenvalue weighted by Crippen LogP contribution is -2.42. The summed E-state index contributed by atoms with van der Waals surface area (Å²) < 4.78 is 43.0. The Hall–Kier alpha value is -7.59. The maximum Gasteiger partial charge on any atom is 0.229 e. The number of aromatic nitrogens is 8. The normalized spacial score (nSPS) is 14.9. The van der Waals surface area contributed by atoms with Gasteiger partial charge in [-0.2, -0.15) is 9.97 Å². The zero-order chi connectivity index (χ0) is 45.5. The molecular weight excluding hydrogens is 850 g/mol. The van der Waals surface area contributed by atoms with Crippen LogP contribution in [0.15, 0.2) is 135 Å². The first-order chi connectivity index (χ1) is 31.5.